The molecule has 0 bridgehead atoms. The van der Waals surface area contributed by atoms with E-state index in [4.69, 9.17) is 27.7 Å². The highest BCUT2D eigenvalue weighted by Crippen LogP contribution is 2.25. The van der Waals surface area contributed by atoms with Crippen LogP contribution in [0.25, 0.3) is 0 Å². The van der Waals surface area contributed by atoms with Gasteiger partial charge >= 0.3 is 0 Å². The quantitative estimate of drug-likeness (QED) is 0.908. The molecular weight excluding hydrogens is 263 g/mol. The largest absolute Gasteiger partial charge is 0.351 e. The Bertz CT molecular complexity index is 566. The Morgan fingerprint density at radius 2 is 2.12 bits per heavy atom. The first-order chi connectivity index (χ1) is 8.06. The van der Waals surface area contributed by atoms with Gasteiger partial charge in [-0.3, -0.25) is 4.79 Å². The Morgan fingerprint density at radius 1 is 1.35 bits per heavy atom. The van der Waals surface area contributed by atoms with Crippen molar-refractivity contribution in [1.82, 2.24) is 5.16 Å². The summed E-state index contributed by atoms with van der Waals surface area (Å²) in [5, 5.41) is 7.10. The summed E-state index contributed by atoms with van der Waals surface area (Å²) in [6.07, 6.45) is 0. The van der Waals surface area contributed by atoms with Gasteiger partial charge in [0.15, 0.2) is 0 Å². The van der Waals surface area contributed by atoms with Crippen molar-refractivity contribution < 1.29 is 9.32 Å². The lowest BCUT2D eigenvalue weighted by molar-refractivity contribution is 0.0988. The molecule has 2 rings (SSSR count). The molecule has 17 heavy (non-hydrogen) atoms. The molecule has 0 radical (unpaired) electrons. The van der Waals surface area contributed by atoms with Crippen molar-refractivity contribution in [1.29, 1.82) is 0 Å². The van der Waals surface area contributed by atoms with Gasteiger partial charge < -0.3 is 9.84 Å². The van der Waals surface area contributed by atoms with Crippen LogP contribution in [0.2, 0.25) is 10.0 Å². The van der Waals surface area contributed by atoms with E-state index in [-0.39, 0.29) is 5.76 Å². The third kappa shape index (κ3) is 2.78. The van der Waals surface area contributed by atoms with Crippen LogP contribution in [0, 0.1) is 6.92 Å². The number of nitrogens with one attached hydrogen (secondary N) is 1. The average molecular weight is 271 g/mol. The number of amides is 1. The molecular formula is C11H8Cl2N2O2. The van der Waals surface area contributed by atoms with E-state index < -0.39 is 5.91 Å². The van der Waals surface area contributed by atoms with Crippen molar-refractivity contribution in [2.24, 2.45) is 0 Å². The summed E-state index contributed by atoms with van der Waals surface area (Å²) in [4.78, 5) is 11.7. The van der Waals surface area contributed by atoms with Crippen molar-refractivity contribution in [3.05, 3.63) is 45.8 Å². The number of halogens is 2. The lowest BCUT2D eigenvalue weighted by Crippen LogP contribution is -2.11. The topological polar surface area (TPSA) is 55.1 Å². The Morgan fingerprint density at radius 3 is 2.71 bits per heavy atom. The number of aromatic nitrogens is 1. The molecule has 2 aromatic rings. The van der Waals surface area contributed by atoms with Gasteiger partial charge in [0, 0.05) is 11.1 Å². The van der Waals surface area contributed by atoms with Crippen LogP contribution in [-0.4, -0.2) is 11.1 Å². The molecule has 0 aliphatic heterocycles. The summed E-state index contributed by atoms with van der Waals surface area (Å²) in [5.74, 6) is -0.275. The number of hydrogen-bond acceptors (Lipinski definition) is 3. The first-order valence-electron chi connectivity index (χ1n) is 4.76. The van der Waals surface area contributed by atoms with E-state index in [0.29, 0.717) is 21.4 Å². The van der Waals surface area contributed by atoms with Gasteiger partial charge in [0.05, 0.1) is 16.4 Å². The normalized spacial score (nSPS) is 10.3. The molecule has 0 atom stereocenters. The van der Waals surface area contributed by atoms with Crippen LogP contribution in [0.3, 0.4) is 0 Å². The van der Waals surface area contributed by atoms with Crippen molar-refractivity contribution in [2.75, 3.05) is 5.32 Å². The van der Waals surface area contributed by atoms with Crippen LogP contribution in [0.15, 0.2) is 28.8 Å². The molecule has 0 fully saturated rings. The van der Waals surface area contributed by atoms with Crippen molar-refractivity contribution in [3.63, 3.8) is 0 Å². The van der Waals surface area contributed by atoms with Gasteiger partial charge in [0.25, 0.3) is 5.91 Å². The lowest BCUT2D eigenvalue weighted by Gasteiger charge is -2.05. The van der Waals surface area contributed by atoms with E-state index >= 15 is 0 Å². The molecule has 1 aromatic heterocycles. The van der Waals surface area contributed by atoms with Crippen LogP contribution < -0.4 is 5.32 Å². The number of aryl methyl sites for hydroxylation is 1. The predicted octanol–water partition coefficient (Wildman–Crippen LogP) is 3.54. The summed E-state index contributed by atoms with van der Waals surface area (Å²) in [6.45, 7) is 1.73. The van der Waals surface area contributed by atoms with Crippen molar-refractivity contribution >= 4 is 34.8 Å². The van der Waals surface area contributed by atoms with Gasteiger partial charge in [-0.1, -0.05) is 28.4 Å². The van der Waals surface area contributed by atoms with E-state index in [0.717, 1.165) is 0 Å². The van der Waals surface area contributed by atoms with Crippen molar-refractivity contribution in [3.8, 4) is 0 Å². The van der Waals surface area contributed by atoms with Gasteiger partial charge in [-0.15, -0.1) is 0 Å². The minimum absolute atomic E-state index is 0.133. The second-order valence-corrected chi connectivity index (χ2v) is 4.25. The number of anilines is 1. The first kappa shape index (κ1) is 12.0. The number of benzene rings is 1. The zero-order chi connectivity index (χ0) is 12.4. The van der Waals surface area contributed by atoms with Crippen LogP contribution in [0.4, 0.5) is 5.69 Å². The van der Waals surface area contributed by atoms with Gasteiger partial charge in [-0.25, -0.2) is 0 Å². The second-order valence-electron chi connectivity index (χ2n) is 3.41. The number of hydrogen-bond donors (Lipinski definition) is 1. The fraction of sp³-hybridized carbons (Fsp3) is 0.0909. The van der Waals surface area contributed by atoms with Gasteiger partial charge in [0.1, 0.15) is 0 Å². The molecule has 1 N–H and O–H groups in total. The molecule has 0 aliphatic carbocycles. The fourth-order valence-electron chi connectivity index (χ4n) is 1.25. The Balaban J connectivity index is 2.18. The van der Waals surface area contributed by atoms with Crippen LogP contribution in [-0.2, 0) is 0 Å². The molecule has 0 saturated heterocycles. The lowest BCUT2D eigenvalue weighted by atomic mass is 10.3. The maximum absolute atomic E-state index is 11.7. The number of carbonyl (C=O) groups excluding carboxylic acids is 1. The molecule has 88 valence electrons. The molecule has 0 aliphatic rings. The van der Waals surface area contributed by atoms with Crippen LogP contribution >= 0.6 is 23.2 Å². The van der Waals surface area contributed by atoms with Gasteiger partial charge in [-0.2, -0.15) is 0 Å². The maximum atomic E-state index is 11.7. The van der Waals surface area contributed by atoms with Crippen LogP contribution in [0.5, 0.6) is 0 Å². The number of carbonyl (C=O) groups is 1. The standard InChI is InChI=1S/C11H8Cl2N2O2/c1-6-4-10(17-15-6)11(16)14-9-3-2-7(12)5-8(9)13/h2-5H,1H3,(H,14,16). The maximum Gasteiger partial charge on any atom is 0.294 e. The summed E-state index contributed by atoms with van der Waals surface area (Å²) >= 11 is 11.7. The first-order valence-corrected chi connectivity index (χ1v) is 5.51. The molecule has 4 nitrogen and oxygen atoms in total. The molecule has 1 heterocycles. The third-order valence-electron chi connectivity index (χ3n) is 2.03. The van der Waals surface area contributed by atoms with E-state index in [2.05, 4.69) is 10.5 Å². The van der Waals surface area contributed by atoms with E-state index in [1.165, 1.54) is 0 Å². The highest BCUT2D eigenvalue weighted by Gasteiger charge is 2.13. The zero-order valence-electron chi connectivity index (χ0n) is 8.83. The summed E-state index contributed by atoms with van der Waals surface area (Å²) in [5.41, 5.74) is 1.10. The molecule has 0 spiro atoms. The molecule has 0 saturated carbocycles. The van der Waals surface area contributed by atoms with E-state index in [1.807, 2.05) is 0 Å². The molecule has 1 aromatic carbocycles. The number of nitrogens with zero attached hydrogens (tertiary/aromatic N) is 1. The summed E-state index contributed by atoms with van der Waals surface area (Å²) in [6, 6.07) is 6.34. The zero-order valence-corrected chi connectivity index (χ0v) is 10.3. The van der Waals surface area contributed by atoms with Crippen molar-refractivity contribution in [2.45, 2.75) is 6.92 Å². The predicted molar refractivity (Wildman–Crippen MR) is 65.7 cm³/mol. The minimum Gasteiger partial charge on any atom is -0.351 e. The molecule has 0 unspecified atom stereocenters. The average Bonchev–Trinajstić information content (AvgIpc) is 2.69. The van der Waals surface area contributed by atoms with Gasteiger partial charge in [0.2, 0.25) is 5.76 Å². The van der Waals surface area contributed by atoms with E-state index in [9.17, 15) is 4.79 Å². The Kier molecular flexibility index (Phi) is 3.36. The highest BCUT2D eigenvalue weighted by atomic mass is 35.5. The summed E-state index contributed by atoms with van der Waals surface area (Å²) in [7, 11) is 0. The van der Waals surface area contributed by atoms with E-state index in [1.54, 1.807) is 31.2 Å². The smallest absolute Gasteiger partial charge is 0.294 e. The third-order valence-corrected chi connectivity index (χ3v) is 2.58. The Hall–Kier alpha value is -1.52. The summed E-state index contributed by atoms with van der Waals surface area (Å²) < 4.78 is 4.83. The minimum atomic E-state index is -0.408. The highest BCUT2D eigenvalue weighted by molar-refractivity contribution is 6.36. The SMILES string of the molecule is Cc1cc(C(=O)Nc2ccc(Cl)cc2Cl)on1. The monoisotopic (exact) mass is 270 g/mol. The molecule has 1 amide bonds. The second kappa shape index (κ2) is 4.77. The van der Waals surface area contributed by atoms with Crippen LogP contribution in [0.1, 0.15) is 16.2 Å². The number of rotatable bonds is 2. The fourth-order valence-corrected chi connectivity index (χ4v) is 1.70. The molecule has 6 heteroatoms. The Labute approximate surface area is 108 Å². The van der Waals surface area contributed by atoms with Gasteiger partial charge in [-0.05, 0) is 25.1 Å².